The van der Waals surface area contributed by atoms with Crippen LogP contribution in [0.1, 0.15) is 49.9 Å². The van der Waals surface area contributed by atoms with E-state index in [1.165, 1.54) is 17.8 Å². The Morgan fingerprint density at radius 2 is 2.00 bits per heavy atom. The lowest BCUT2D eigenvalue weighted by Gasteiger charge is -2.16. The molecule has 0 radical (unpaired) electrons. The highest BCUT2D eigenvalue weighted by molar-refractivity contribution is 8.00. The van der Waals surface area contributed by atoms with Gasteiger partial charge in [-0.05, 0) is 37.8 Å². The highest BCUT2D eigenvalue weighted by Crippen LogP contribution is 2.25. The molecule has 0 fully saturated rings. The van der Waals surface area contributed by atoms with Gasteiger partial charge in [0.25, 0.3) is 5.56 Å². The van der Waals surface area contributed by atoms with Crippen LogP contribution in [0.3, 0.4) is 0 Å². The Morgan fingerprint density at radius 3 is 2.60 bits per heavy atom. The minimum atomic E-state index is -0.328. The molecular weight excluding hydrogens is 334 g/mol. The number of carbonyl (C=O) groups excluding carboxylic acids is 1. The van der Waals surface area contributed by atoms with E-state index in [0.29, 0.717) is 11.6 Å². The van der Waals surface area contributed by atoms with Crippen LogP contribution < -0.4 is 10.9 Å². The van der Waals surface area contributed by atoms with Gasteiger partial charge in [0.1, 0.15) is 0 Å². The number of thioether (sulfide) groups is 1. The molecule has 1 unspecified atom stereocenters. The second-order valence-corrected chi connectivity index (χ2v) is 7.64. The van der Waals surface area contributed by atoms with E-state index < -0.39 is 0 Å². The van der Waals surface area contributed by atoms with E-state index in [1.807, 2.05) is 52.8 Å². The van der Waals surface area contributed by atoms with Crippen LogP contribution >= 0.6 is 11.8 Å². The number of aryl methyl sites for hydroxylation is 2. The molecule has 2 aromatic rings. The van der Waals surface area contributed by atoms with Gasteiger partial charge in [-0.1, -0.05) is 50.2 Å². The number of rotatable bonds is 6. The summed E-state index contributed by atoms with van der Waals surface area (Å²) in [4.78, 5) is 31.6. The maximum atomic E-state index is 12.6. The van der Waals surface area contributed by atoms with E-state index in [0.717, 1.165) is 22.5 Å². The van der Waals surface area contributed by atoms with E-state index in [1.54, 1.807) is 0 Å². The Hall–Kier alpha value is -2.08. The number of hydrogen-bond acceptors (Lipinski definition) is 4. The first-order valence-electron chi connectivity index (χ1n) is 8.46. The Labute approximate surface area is 152 Å². The summed E-state index contributed by atoms with van der Waals surface area (Å²) in [6, 6.07) is 7.43. The number of nitrogens with one attached hydrogen (secondary N) is 2. The molecule has 1 aromatic heterocycles. The third-order valence-corrected chi connectivity index (χ3v) is 5.14. The molecule has 0 aliphatic heterocycles. The molecule has 1 aromatic carbocycles. The maximum Gasteiger partial charge on any atom is 0.251 e. The largest absolute Gasteiger partial charge is 0.325 e. The Morgan fingerprint density at radius 1 is 1.28 bits per heavy atom. The molecule has 25 heavy (non-hydrogen) atoms. The number of aromatic nitrogens is 2. The highest BCUT2D eigenvalue weighted by atomic mass is 32.2. The van der Waals surface area contributed by atoms with Crippen molar-refractivity contribution in [1.82, 2.24) is 9.97 Å². The van der Waals surface area contributed by atoms with Gasteiger partial charge >= 0.3 is 0 Å². The number of benzene rings is 1. The normalized spacial score (nSPS) is 12.2. The molecular formula is C19H25N3O2S. The summed E-state index contributed by atoms with van der Waals surface area (Å²) in [6.45, 7) is 9.92. The van der Waals surface area contributed by atoms with Crippen LogP contribution in [-0.2, 0) is 4.79 Å². The molecule has 5 nitrogen and oxygen atoms in total. The molecule has 2 rings (SSSR count). The lowest BCUT2D eigenvalue weighted by atomic mass is 10.1. The fourth-order valence-corrected chi connectivity index (χ4v) is 3.35. The van der Waals surface area contributed by atoms with Gasteiger partial charge in [-0.15, -0.1) is 0 Å². The summed E-state index contributed by atoms with van der Waals surface area (Å²) in [5.74, 6) is 0.0720. The van der Waals surface area contributed by atoms with Gasteiger partial charge in [0.2, 0.25) is 5.91 Å². The molecule has 1 amide bonds. The summed E-state index contributed by atoms with van der Waals surface area (Å²) in [6.07, 6.45) is 0.636. The average molecular weight is 359 g/mol. The van der Waals surface area contributed by atoms with Crippen LogP contribution in [0.4, 0.5) is 5.69 Å². The molecule has 0 aliphatic carbocycles. The van der Waals surface area contributed by atoms with Crippen molar-refractivity contribution < 1.29 is 4.79 Å². The van der Waals surface area contributed by atoms with E-state index in [4.69, 9.17) is 0 Å². The number of hydrogen-bond donors (Lipinski definition) is 2. The maximum absolute atomic E-state index is 12.6. The van der Waals surface area contributed by atoms with E-state index in [-0.39, 0.29) is 22.6 Å². The van der Waals surface area contributed by atoms with Gasteiger partial charge in [-0.2, -0.15) is 0 Å². The predicted octanol–water partition coefficient (Wildman–Crippen LogP) is 4.02. The van der Waals surface area contributed by atoms with Crippen molar-refractivity contribution in [2.75, 3.05) is 5.32 Å². The standard InChI is InChI=1S/C19H25N3O2S/c1-6-16(18(24)20-14-8-7-12(4)9-13(14)5)25-19-21-15(11(2)3)10-17(23)22-19/h7-11,16H,6H2,1-5H3,(H,20,24)(H,21,22,23). The zero-order valence-electron chi connectivity index (χ0n) is 15.3. The van der Waals surface area contributed by atoms with Crippen LogP contribution in [0.5, 0.6) is 0 Å². The first-order valence-corrected chi connectivity index (χ1v) is 9.34. The minimum absolute atomic E-state index is 0.0861. The van der Waals surface area contributed by atoms with E-state index >= 15 is 0 Å². The lowest BCUT2D eigenvalue weighted by molar-refractivity contribution is -0.115. The Bertz CT molecular complexity index is 815. The fraction of sp³-hybridized carbons (Fsp3) is 0.421. The molecule has 0 aliphatic rings. The number of carbonyl (C=O) groups is 1. The summed E-state index contributed by atoms with van der Waals surface area (Å²) >= 11 is 1.29. The average Bonchev–Trinajstić information content (AvgIpc) is 2.54. The van der Waals surface area contributed by atoms with Crippen molar-refractivity contribution in [2.24, 2.45) is 0 Å². The highest BCUT2D eigenvalue weighted by Gasteiger charge is 2.20. The monoisotopic (exact) mass is 359 g/mol. The van der Waals surface area contributed by atoms with E-state index in [9.17, 15) is 9.59 Å². The summed E-state index contributed by atoms with van der Waals surface area (Å²) in [5.41, 5.74) is 3.54. The van der Waals surface area contributed by atoms with Gasteiger partial charge in [0, 0.05) is 11.8 Å². The van der Waals surface area contributed by atoms with Crippen LogP contribution in [0, 0.1) is 13.8 Å². The van der Waals surface area contributed by atoms with Crippen molar-refractivity contribution in [3.8, 4) is 0 Å². The van der Waals surface area contributed by atoms with E-state index in [2.05, 4.69) is 15.3 Å². The summed E-state index contributed by atoms with van der Waals surface area (Å²) in [5, 5.41) is 3.14. The number of amides is 1. The topological polar surface area (TPSA) is 74.8 Å². The van der Waals surface area contributed by atoms with Crippen LogP contribution in [0.15, 0.2) is 34.2 Å². The van der Waals surface area contributed by atoms with Crippen molar-refractivity contribution >= 4 is 23.4 Å². The van der Waals surface area contributed by atoms with Crippen LogP contribution in [0.25, 0.3) is 0 Å². The molecule has 1 atom stereocenters. The molecule has 134 valence electrons. The summed E-state index contributed by atoms with van der Waals surface area (Å²) < 4.78 is 0. The molecule has 1 heterocycles. The predicted molar refractivity (Wildman–Crippen MR) is 103 cm³/mol. The van der Waals surface area contributed by atoms with Gasteiger partial charge in [0.15, 0.2) is 5.16 Å². The molecule has 0 saturated heterocycles. The van der Waals surface area contributed by atoms with Crippen LogP contribution in [0.2, 0.25) is 0 Å². The van der Waals surface area contributed by atoms with Gasteiger partial charge < -0.3 is 10.3 Å². The number of nitrogens with zero attached hydrogens (tertiary/aromatic N) is 1. The van der Waals surface area contributed by atoms with Crippen molar-refractivity contribution in [2.45, 2.75) is 57.4 Å². The van der Waals surface area contributed by atoms with Crippen LogP contribution in [-0.4, -0.2) is 21.1 Å². The molecule has 2 N–H and O–H groups in total. The second kappa shape index (κ2) is 8.34. The van der Waals surface area contributed by atoms with Gasteiger partial charge in [-0.3, -0.25) is 9.59 Å². The summed E-state index contributed by atoms with van der Waals surface area (Å²) in [7, 11) is 0. The van der Waals surface area contributed by atoms with Crippen molar-refractivity contribution in [1.29, 1.82) is 0 Å². The lowest BCUT2D eigenvalue weighted by Crippen LogP contribution is -2.25. The number of anilines is 1. The SMILES string of the molecule is CCC(Sc1nc(C(C)C)cc(=O)[nH]1)C(=O)Nc1ccc(C)cc1C. The number of aromatic amines is 1. The smallest absolute Gasteiger partial charge is 0.251 e. The fourth-order valence-electron chi connectivity index (χ4n) is 2.43. The zero-order valence-corrected chi connectivity index (χ0v) is 16.2. The van der Waals surface area contributed by atoms with Crippen molar-refractivity contribution in [3.05, 3.63) is 51.4 Å². The first kappa shape index (κ1) is 19.2. The quantitative estimate of drug-likeness (QED) is 0.603. The number of H-pyrrole nitrogens is 1. The molecule has 0 bridgehead atoms. The zero-order chi connectivity index (χ0) is 18.6. The third-order valence-electron chi connectivity index (χ3n) is 3.89. The molecule has 0 spiro atoms. The third kappa shape index (κ3) is 5.19. The Kier molecular flexibility index (Phi) is 6.42. The Balaban J connectivity index is 2.16. The van der Waals surface area contributed by atoms with Crippen molar-refractivity contribution in [3.63, 3.8) is 0 Å². The minimum Gasteiger partial charge on any atom is -0.325 e. The second-order valence-electron chi connectivity index (χ2n) is 6.45. The molecule has 6 heteroatoms. The first-order chi connectivity index (χ1) is 11.8. The van der Waals surface area contributed by atoms with Gasteiger partial charge in [0.05, 0.1) is 10.9 Å². The van der Waals surface area contributed by atoms with Gasteiger partial charge in [-0.25, -0.2) is 4.98 Å². The molecule has 0 saturated carbocycles.